The minimum atomic E-state index is -0.971. The zero-order valence-corrected chi connectivity index (χ0v) is 13.4. The number of carbonyl (C=O) groups excluding carboxylic acids is 4. The molecule has 1 aromatic rings. The van der Waals surface area contributed by atoms with Crippen LogP contribution in [0.15, 0.2) is 18.7 Å². The predicted octanol–water partition coefficient (Wildman–Crippen LogP) is -2.46. The maximum Gasteiger partial charge on any atom is 0.286 e. The molecular formula is C13H21N6O4+. The number of likely N-dealkylation sites (N-methyl/N-ethyl adjacent to an activating group) is 2. The van der Waals surface area contributed by atoms with Gasteiger partial charge in [0.2, 0.25) is 18.1 Å². The van der Waals surface area contributed by atoms with Crippen LogP contribution in [0.3, 0.4) is 0 Å². The van der Waals surface area contributed by atoms with Crippen LogP contribution in [0, 0.1) is 0 Å². The topological polar surface area (TPSA) is 125 Å². The average Bonchev–Trinajstić information content (AvgIpc) is 2.97. The van der Waals surface area contributed by atoms with Crippen LogP contribution < -0.4 is 25.8 Å². The fourth-order valence-corrected chi connectivity index (χ4v) is 1.90. The highest BCUT2D eigenvalue weighted by Gasteiger charge is 2.29. The maximum absolute atomic E-state index is 11.9. The fraction of sp³-hybridized carbons (Fsp3) is 0.462. The van der Waals surface area contributed by atoms with Crippen molar-refractivity contribution in [1.82, 2.24) is 25.8 Å². The molecule has 1 heterocycles. The third-order valence-electron chi connectivity index (χ3n) is 2.94. The summed E-state index contributed by atoms with van der Waals surface area (Å²) in [7, 11) is 2.89. The van der Waals surface area contributed by atoms with E-state index in [1.54, 1.807) is 0 Å². The summed E-state index contributed by atoms with van der Waals surface area (Å²) in [5.74, 6) is -1.63. The Balaban J connectivity index is 3.12. The second kappa shape index (κ2) is 7.92. The molecule has 10 nitrogen and oxygen atoms in total. The van der Waals surface area contributed by atoms with Gasteiger partial charge < -0.3 is 21.3 Å². The second-order valence-corrected chi connectivity index (χ2v) is 4.74. The molecule has 2 unspecified atom stereocenters. The van der Waals surface area contributed by atoms with Crippen LogP contribution in [0.5, 0.6) is 0 Å². The lowest BCUT2D eigenvalue weighted by Gasteiger charge is -2.14. The summed E-state index contributed by atoms with van der Waals surface area (Å²) in [4.78, 5) is 46.3. The van der Waals surface area contributed by atoms with Gasteiger partial charge in [0.15, 0.2) is 0 Å². The molecule has 10 heteroatoms. The summed E-state index contributed by atoms with van der Waals surface area (Å²) in [6, 6.07) is 0. The van der Waals surface area contributed by atoms with E-state index in [1.165, 1.54) is 55.8 Å². The van der Waals surface area contributed by atoms with Crippen molar-refractivity contribution in [2.45, 2.75) is 26.2 Å². The molecule has 0 aliphatic carbocycles. The first-order valence-corrected chi connectivity index (χ1v) is 6.85. The van der Waals surface area contributed by atoms with Gasteiger partial charge in [0.25, 0.3) is 24.1 Å². The number of rotatable bonds is 6. The van der Waals surface area contributed by atoms with E-state index in [1.807, 2.05) is 0 Å². The number of amides is 4. The lowest BCUT2D eigenvalue weighted by Crippen LogP contribution is -2.55. The normalized spacial score (nSPS) is 12.7. The highest BCUT2D eigenvalue weighted by atomic mass is 16.2. The summed E-state index contributed by atoms with van der Waals surface area (Å²) in [5.41, 5.74) is 0. The van der Waals surface area contributed by atoms with Crippen LogP contribution in [0.2, 0.25) is 0 Å². The van der Waals surface area contributed by atoms with E-state index in [0.29, 0.717) is 0 Å². The van der Waals surface area contributed by atoms with Gasteiger partial charge in [-0.05, 0) is 0 Å². The molecule has 1 aromatic heterocycles. The Morgan fingerprint density at radius 1 is 0.957 bits per heavy atom. The van der Waals surface area contributed by atoms with Crippen LogP contribution in [0.25, 0.3) is 0 Å². The van der Waals surface area contributed by atoms with E-state index < -0.39 is 24.1 Å². The van der Waals surface area contributed by atoms with Crippen LogP contribution in [-0.2, 0) is 19.2 Å². The zero-order valence-electron chi connectivity index (χ0n) is 13.4. The first-order valence-electron chi connectivity index (χ1n) is 6.85. The molecule has 1 rings (SSSR count). The number of aromatic nitrogens is 2. The number of imidazole rings is 1. The third-order valence-corrected chi connectivity index (χ3v) is 2.94. The lowest BCUT2D eigenvalue weighted by molar-refractivity contribution is -0.712. The van der Waals surface area contributed by atoms with E-state index in [0.717, 1.165) is 0 Å². The van der Waals surface area contributed by atoms with Gasteiger partial charge in [-0.15, -0.1) is 0 Å². The average molecular weight is 325 g/mol. The first kappa shape index (κ1) is 18.1. The quantitative estimate of drug-likeness (QED) is 0.433. The molecule has 0 spiro atoms. The molecule has 23 heavy (non-hydrogen) atoms. The van der Waals surface area contributed by atoms with Crippen molar-refractivity contribution in [2.24, 2.45) is 0 Å². The maximum atomic E-state index is 11.9. The minimum Gasteiger partial charge on any atom is -0.354 e. The number of nitrogens with zero attached hydrogens (tertiary/aromatic N) is 2. The molecule has 0 aliphatic heterocycles. The molecule has 0 saturated heterocycles. The van der Waals surface area contributed by atoms with Crippen molar-refractivity contribution in [3.05, 3.63) is 18.7 Å². The van der Waals surface area contributed by atoms with Gasteiger partial charge in [-0.3, -0.25) is 19.2 Å². The van der Waals surface area contributed by atoms with Gasteiger partial charge in [0.1, 0.15) is 12.4 Å². The van der Waals surface area contributed by atoms with Crippen molar-refractivity contribution in [2.75, 3.05) is 14.1 Å². The Hall–Kier alpha value is -2.91. The monoisotopic (exact) mass is 325 g/mol. The summed E-state index contributed by atoms with van der Waals surface area (Å²) in [6.07, 6.45) is 2.51. The van der Waals surface area contributed by atoms with E-state index in [9.17, 15) is 19.2 Å². The standard InChI is InChI=1S/C13H20N6O4/c1-8(20)16-10(12(22)14-3)18-5-6-19(7-18)11(13(23)15-4)17-9(2)21/h5-7,10-11H,1-4H3,(H3-,14,15,16,17,20,21,22,23)/p+1. The summed E-state index contributed by atoms with van der Waals surface area (Å²) >= 11 is 0. The van der Waals surface area contributed by atoms with Gasteiger partial charge in [-0.1, -0.05) is 0 Å². The van der Waals surface area contributed by atoms with Gasteiger partial charge in [-0.2, -0.15) is 0 Å². The molecule has 0 aromatic carbocycles. The highest BCUT2D eigenvalue weighted by molar-refractivity contribution is 5.85. The molecule has 0 radical (unpaired) electrons. The van der Waals surface area contributed by atoms with Gasteiger partial charge in [-0.25, -0.2) is 9.13 Å². The molecule has 2 atom stereocenters. The SMILES string of the molecule is CNC(=O)C(NC(C)=O)n1cc[n+](C(NC(C)=O)C(=O)NC)c1. The van der Waals surface area contributed by atoms with Crippen molar-refractivity contribution in [3.8, 4) is 0 Å². The largest absolute Gasteiger partial charge is 0.354 e. The van der Waals surface area contributed by atoms with Gasteiger partial charge in [0, 0.05) is 27.9 Å². The Labute approximate surface area is 133 Å². The number of hydrogen-bond donors (Lipinski definition) is 4. The predicted molar refractivity (Wildman–Crippen MR) is 78.5 cm³/mol. The molecule has 4 amide bonds. The molecule has 4 N–H and O–H groups in total. The van der Waals surface area contributed by atoms with E-state index >= 15 is 0 Å². The smallest absolute Gasteiger partial charge is 0.286 e. The van der Waals surface area contributed by atoms with Gasteiger partial charge >= 0.3 is 0 Å². The minimum absolute atomic E-state index is 0.386. The number of carbonyl (C=O) groups is 4. The Kier molecular flexibility index (Phi) is 6.24. The molecule has 126 valence electrons. The van der Waals surface area contributed by atoms with Crippen molar-refractivity contribution in [1.29, 1.82) is 0 Å². The fourth-order valence-electron chi connectivity index (χ4n) is 1.90. The Morgan fingerprint density at radius 2 is 1.52 bits per heavy atom. The van der Waals surface area contributed by atoms with Crippen LogP contribution in [-0.4, -0.2) is 42.3 Å². The summed E-state index contributed by atoms with van der Waals surface area (Å²) in [6.45, 7) is 2.58. The second-order valence-electron chi connectivity index (χ2n) is 4.74. The molecule has 0 saturated carbocycles. The van der Waals surface area contributed by atoms with Gasteiger partial charge in [0.05, 0.1) is 0 Å². The van der Waals surface area contributed by atoms with E-state index in [4.69, 9.17) is 0 Å². The van der Waals surface area contributed by atoms with Crippen molar-refractivity contribution >= 4 is 23.6 Å². The third kappa shape index (κ3) is 4.80. The van der Waals surface area contributed by atoms with Crippen LogP contribution in [0.1, 0.15) is 26.2 Å². The van der Waals surface area contributed by atoms with Crippen molar-refractivity contribution in [3.63, 3.8) is 0 Å². The summed E-state index contributed by atoms with van der Waals surface area (Å²) < 4.78 is 2.83. The molecule has 0 bridgehead atoms. The Morgan fingerprint density at radius 3 is 2.00 bits per heavy atom. The molecule has 0 fully saturated rings. The summed E-state index contributed by atoms with van der Waals surface area (Å²) in [5, 5.41) is 9.87. The van der Waals surface area contributed by atoms with E-state index in [-0.39, 0.29) is 11.8 Å². The Bertz CT molecular complexity index is 561. The van der Waals surface area contributed by atoms with E-state index in [2.05, 4.69) is 21.3 Å². The van der Waals surface area contributed by atoms with Crippen LogP contribution >= 0.6 is 0 Å². The number of nitrogens with one attached hydrogen (secondary N) is 4. The van der Waals surface area contributed by atoms with Crippen LogP contribution in [0.4, 0.5) is 0 Å². The molecule has 0 aliphatic rings. The lowest BCUT2D eigenvalue weighted by atomic mass is 10.4. The zero-order chi connectivity index (χ0) is 17.6. The van der Waals surface area contributed by atoms with Crippen molar-refractivity contribution < 1.29 is 23.7 Å². The number of hydrogen-bond acceptors (Lipinski definition) is 4. The first-order chi connectivity index (χ1) is 10.8. The molecular weight excluding hydrogens is 304 g/mol. The highest BCUT2D eigenvalue weighted by Crippen LogP contribution is 2.03.